The van der Waals surface area contributed by atoms with E-state index >= 15 is 0 Å². The molecule has 1 aliphatic heterocycles. The highest BCUT2D eigenvalue weighted by atomic mass is 35.5. The lowest BCUT2D eigenvalue weighted by molar-refractivity contribution is 0.797. The molecule has 1 aromatic heterocycles. The number of rotatable bonds is 2. The van der Waals surface area contributed by atoms with Gasteiger partial charge in [-0.25, -0.2) is 9.97 Å². The van der Waals surface area contributed by atoms with Gasteiger partial charge >= 0.3 is 0 Å². The van der Waals surface area contributed by atoms with Gasteiger partial charge in [0.1, 0.15) is 0 Å². The number of para-hydroxylation sites is 2. The first-order valence-corrected chi connectivity index (χ1v) is 7.20. The highest BCUT2D eigenvalue weighted by molar-refractivity contribution is 6.17. The van der Waals surface area contributed by atoms with Crippen LogP contribution in [0.1, 0.15) is 11.3 Å². The van der Waals surface area contributed by atoms with Crippen LogP contribution in [0.4, 0.5) is 17.3 Å². The minimum atomic E-state index is 0.450. The largest absolute Gasteiger partial charge is 0.371 e. The van der Waals surface area contributed by atoms with Crippen LogP contribution in [0.3, 0.4) is 0 Å². The Kier molecular flexibility index (Phi) is 3.49. The standard InChI is InChI=1S/C15H17ClN4/c1-11-12(9-16)10-17-15(18-11)20-8-7-19(2)13-5-3-4-6-14(13)20/h3-6,10H,7-9H2,1-2H3. The molecular formula is C15H17ClN4. The van der Waals surface area contributed by atoms with Crippen molar-refractivity contribution < 1.29 is 0 Å². The second-order valence-electron chi connectivity index (χ2n) is 4.98. The van der Waals surface area contributed by atoms with Gasteiger partial charge in [-0.1, -0.05) is 12.1 Å². The van der Waals surface area contributed by atoms with Gasteiger partial charge in [0, 0.05) is 37.6 Å². The molecule has 3 rings (SSSR count). The fourth-order valence-corrected chi connectivity index (χ4v) is 2.72. The number of benzene rings is 1. The van der Waals surface area contributed by atoms with Crippen LogP contribution in [-0.4, -0.2) is 30.1 Å². The molecule has 104 valence electrons. The van der Waals surface area contributed by atoms with Gasteiger partial charge in [-0.15, -0.1) is 11.6 Å². The zero-order valence-electron chi connectivity index (χ0n) is 11.7. The van der Waals surface area contributed by atoms with Crippen molar-refractivity contribution in [1.82, 2.24) is 9.97 Å². The van der Waals surface area contributed by atoms with E-state index in [1.54, 1.807) is 0 Å². The SMILES string of the molecule is Cc1nc(N2CCN(C)c3ccccc32)ncc1CCl. The van der Waals surface area contributed by atoms with Gasteiger partial charge in [-0.2, -0.15) is 0 Å². The molecule has 2 heterocycles. The van der Waals surface area contributed by atoms with Crippen molar-refractivity contribution in [2.75, 3.05) is 29.9 Å². The first kappa shape index (κ1) is 13.2. The van der Waals surface area contributed by atoms with Crippen LogP contribution in [0.5, 0.6) is 0 Å². The fourth-order valence-electron chi connectivity index (χ4n) is 2.45. The summed E-state index contributed by atoms with van der Waals surface area (Å²) in [5.74, 6) is 1.20. The maximum Gasteiger partial charge on any atom is 0.230 e. The summed E-state index contributed by atoms with van der Waals surface area (Å²) in [6.07, 6.45) is 1.82. The zero-order chi connectivity index (χ0) is 14.1. The molecule has 0 N–H and O–H groups in total. The summed E-state index contributed by atoms with van der Waals surface area (Å²) in [7, 11) is 2.11. The molecule has 4 nitrogen and oxygen atoms in total. The number of anilines is 3. The molecule has 1 aromatic carbocycles. The van der Waals surface area contributed by atoms with E-state index in [1.165, 1.54) is 5.69 Å². The Hall–Kier alpha value is -1.81. The summed E-state index contributed by atoms with van der Waals surface area (Å²) in [5, 5.41) is 0. The van der Waals surface area contributed by atoms with E-state index in [2.05, 4.69) is 45.0 Å². The summed E-state index contributed by atoms with van der Waals surface area (Å²) in [6, 6.07) is 8.34. The number of hydrogen-bond donors (Lipinski definition) is 0. The lowest BCUT2D eigenvalue weighted by Gasteiger charge is -2.35. The van der Waals surface area contributed by atoms with E-state index in [4.69, 9.17) is 11.6 Å². The molecule has 0 saturated carbocycles. The van der Waals surface area contributed by atoms with Gasteiger partial charge in [0.2, 0.25) is 5.95 Å². The summed E-state index contributed by atoms with van der Waals surface area (Å²) in [6.45, 7) is 3.81. The topological polar surface area (TPSA) is 32.3 Å². The second-order valence-corrected chi connectivity index (χ2v) is 5.24. The van der Waals surface area contributed by atoms with Crippen molar-refractivity contribution in [3.8, 4) is 0 Å². The van der Waals surface area contributed by atoms with Gasteiger partial charge < -0.3 is 9.80 Å². The number of alkyl halides is 1. The van der Waals surface area contributed by atoms with Crippen molar-refractivity contribution in [2.24, 2.45) is 0 Å². The van der Waals surface area contributed by atoms with Crippen molar-refractivity contribution in [2.45, 2.75) is 12.8 Å². The Balaban J connectivity index is 2.03. The molecule has 0 unspecified atom stereocenters. The molecule has 1 aliphatic rings. The summed E-state index contributed by atoms with van der Waals surface area (Å²) in [5.41, 5.74) is 4.29. The average molecular weight is 289 g/mol. The summed E-state index contributed by atoms with van der Waals surface area (Å²) in [4.78, 5) is 13.5. The smallest absolute Gasteiger partial charge is 0.230 e. The molecule has 5 heteroatoms. The predicted octanol–water partition coefficient (Wildman–Crippen LogP) is 3.11. The number of likely N-dealkylation sites (N-methyl/N-ethyl adjacent to an activating group) is 1. The Morgan fingerprint density at radius 3 is 2.65 bits per heavy atom. The third kappa shape index (κ3) is 2.20. The third-order valence-electron chi connectivity index (χ3n) is 3.70. The maximum atomic E-state index is 5.87. The molecular weight excluding hydrogens is 272 g/mol. The van der Waals surface area contributed by atoms with Crippen LogP contribution in [-0.2, 0) is 5.88 Å². The molecule has 0 amide bonds. The molecule has 0 fully saturated rings. The quantitative estimate of drug-likeness (QED) is 0.795. The monoisotopic (exact) mass is 288 g/mol. The van der Waals surface area contributed by atoms with E-state index in [-0.39, 0.29) is 0 Å². The lowest BCUT2D eigenvalue weighted by atomic mass is 10.2. The first-order valence-electron chi connectivity index (χ1n) is 6.67. The van der Waals surface area contributed by atoms with Crippen LogP contribution in [0.15, 0.2) is 30.5 Å². The minimum Gasteiger partial charge on any atom is -0.371 e. The zero-order valence-corrected chi connectivity index (χ0v) is 12.4. The van der Waals surface area contributed by atoms with Crippen LogP contribution < -0.4 is 9.80 Å². The van der Waals surface area contributed by atoms with Gasteiger partial charge in [0.05, 0.1) is 17.3 Å². The Morgan fingerprint density at radius 1 is 1.20 bits per heavy atom. The number of aryl methyl sites for hydroxylation is 1. The van der Waals surface area contributed by atoms with E-state index in [0.29, 0.717) is 5.88 Å². The van der Waals surface area contributed by atoms with Crippen LogP contribution in [0, 0.1) is 6.92 Å². The minimum absolute atomic E-state index is 0.450. The molecule has 20 heavy (non-hydrogen) atoms. The summed E-state index contributed by atoms with van der Waals surface area (Å²) >= 11 is 5.87. The Labute approximate surface area is 124 Å². The highest BCUT2D eigenvalue weighted by Gasteiger charge is 2.22. The number of nitrogens with zero attached hydrogens (tertiary/aromatic N) is 4. The predicted molar refractivity (Wildman–Crippen MR) is 83.0 cm³/mol. The number of hydrogen-bond acceptors (Lipinski definition) is 4. The highest BCUT2D eigenvalue weighted by Crippen LogP contribution is 2.35. The normalized spacial score (nSPS) is 14.3. The average Bonchev–Trinajstić information content (AvgIpc) is 2.48. The van der Waals surface area contributed by atoms with Crippen molar-refractivity contribution >= 4 is 28.9 Å². The molecule has 0 saturated heterocycles. The molecule has 0 radical (unpaired) electrons. The van der Waals surface area contributed by atoms with E-state index in [0.717, 1.165) is 36.0 Å². The lowest BCUT2D eigenvalue weighted by Crippen LogP contribution is -2.37. The molecule has 0 atom stereocenters. The Morgan fingerprint density at radius 2 is 1.95 bits per heavy atom. The van der Waals surface area contributed by atoms with E-state index in [1.807, 2.05) is 19.2 Å². The van der Waals surface area contributed by atoms with Crippen molar-refractivity contribution in [3.05, 3.63) is 41.7 Å². The molecule has 0 bridgehead atoms. The van der Waals surface area contributed by atoms with Crippen LogP contribution in [0.2, 0.25) is 0 Å². The maximum absolute atomic E-state index is 5.87. The Bertz CT molecular complexity index is 629. The van der Waals surface area contributed by atoms with Gasteiger partial charge in [-0.05, 0) is 19.1 Å². The molecule has 0 aliphatic carbocycles. The molecule has 2 aromatic rings. The van der Waals surface area contributed by atoms with E-state index < -0.39 is 0 Å². The van der Waals surface area contributed by atoms with Crippen LogP contribution >= 0.6 is 11.6 Å². The molecule has 0 spiro atoms. The number of fused-ring (bicyclic) bond motifs is 1. The van der Waals surface area contributed by atoms with E-state index in [9.17, 15) is 0 Å². The van der Waals surface area contributed by atoms with Crippen molar-refractivity contribution in [1.29, 1.82) is 0 Å². The van der Waals surface area contributed by atoms with Gasteiger partial charge in [0.15, 0.2) is 0 Å². The number of aromatic nitrogens is 2. The van der Waals surface area contributed by atoms with Gasteiger partial charge in [-0.3, -0.25) is 0 Å². The van der Waals surface area contributed by atoms with Crippen molar-refractivity contribution in [3.63, 3.8) is 0 Å². The van der Waals surface area contributed by atoms with Gasteiger partial charge in [0.25, 0.3) is 0 Å². The second kappa shape index (κ2) is 5.29. The third-order valence-corrected chi connectivity index (χ3v) is 3.98. The number of halogens is 1. The summed E-state index contributed by atoms with van der Waals surface area (Å²) < 4.78 is 0. The fraction of sp³-hybridized carbons (Fsp3) is 0.333. The van der Waals surface area contributed by atoms with Crippen LogP contribution in [0.25, 0.3) is 0 Å². The first-order chi connectivity index (χ1) is 9.70.